The average Bonchev–Trinajstić information content (AvgIpc) is 2.05. The standard InChI is InChI=1S/C8H16N2O2/c1-6(2)10-4-7(5-11)9-3-8(10)12/h6-7,9,11H,3-5H2,1-2H3. The fourth-order valence-corrected chi connectivity index (χ4v) is 1.36. The van der Waals surface area contributed by atoms with Gasteiger partial charge in [0.25, 0.3) is 0 Å². The van der Waals surface area contributed by atoms with E-state index in [9.17, 15) is 4.79 Å². The topological polar surface area (TPSA) is 52.6 Å². The van der Waals surface area contributed by atoms with E-state index in [1.165, 1.54) is 0 Å². The molecule has 1 rings (SSSR count). The summed E-state index contributed by atoms with van der Waals surface area (Å²) in [6, 6.07) is 0.277. The van der Waals surface area contributed by atoms with Crippen LogP contribution >= 0.6 is 0 Å². The molecule has 1 aliphatic rings. The molecule has 1 amide bonds. The van der Waals surface area contributed by atoms with Gasteiger partial charge in [-0.1, -0.05) is 0 Å². The van der Waals surface area contributed by atoms with Gasteiger partial charge in [-0.25, -0.2) is 0 Å². The van der Waals surface area contributed by atoms with Crippen LogP contribution in [0.25, 0.3) is 0 Å². The number of amides is 1. The molecule has 0 aromatic rings. The zero-order valence-corrected chi connectivity index (χ0v) is 7.58. The van der Waals surface area contributed by atoms with Gasteiger partial charge in [-0.2, -0.15) is 0 Å². The minimum atomic E-state index is 0.0464. The normalized spacial score (nSPS) is 25.2. The zero-order valence-electron chi connectivity index (χ0n) is 7.58. The van der Waals surface area contributed by atoms with Gasteiger partial charge >= 0.3 is 0 Å². The van der Waals surface area contributed by atoms with Crippen LogP contribution in [0.1, 0.15) is 13.8 Å². The molecular weight excluding hydrogens is 156 g/mol. The molecule has 0 bridgehead atoms. The summed E-state index contributed by atoms with van der Waals surface area (Å²) in [6.07, 6.45) is 0. The first-order valence-electron chi connectivity index (χ1n) is 4.29. The van der Waals surface area contributed by atoms with E-state index in [0.717, 1.165) is 0 Å². The highest BCUT2D eigenvalue weighted by atomic mass is 16.3. The molecule has 2 N–H and O–H groups in total. The smallest absolute Gasteiger partial charge is 0.236 e. The largest absolute Gasteiger partial charge is 0.395 e. The van der Waals surface area contributed by atoms with E-state index < -0.39 is 0 Å². The van der Waals surface area contributed by atoms with Crippen LogP contribution in [0.15, 0.2) is 0 Å². The van der Waals surface area contributed by atoms with Gasteiger partial charge in [0.05, 0.1) is 13.2 Å². The van der Waals surface area contributed by atoms with Crippen molar-refractivity contribution in [2.45, 2.75) is 25.9 Å². The van der Waals surface area contributed by atoms with Crippen LogP contribution in [-0.2, 0) is 4.79 Å². The lowest BCUT2D eigenvalue weighted by Crippen LogP contribution is -2.57. The van der Waals surface area contributed by atoms with Crippen molar-refractivity contribution in [3.8, 4) is 0 Å². The van der Waals surface area contributed by atoms with Gasteiger partial charge in [-0.3, -0.25) is 4.79 Å². The van der Waals surface area contributed by atoms with E-state index in [-0.39, 0.29) is 24.6 Å². The molecule has 1 saturated heterocycles. The Morgan fingerprint density at radius 3 is 2.92 bits per heavy atom. The van der Waals surface area contributed by atoms with E-state index in [1.54, 1.807) is 4.90 Å². The van der Waals surface area contributed by atoms with Crippen LogP contribution in [0.4, 0.5) is 0 Å². The number of hydrogen-bond donors (Lipinski definition) is 2. The monoisotopic (exact) mass is 172 g/mol. The third-order valence-electron chi connectivity index (χ3n) is 2.12. The molecule has 1 fully saturated rings. The summed E-state index contributed by atoms with van der Waals surface area (Å²) in [7, 11) is 0. The van der Waals surface area contributed by atoms with Gasteiger partial charge < -0.3 is 15.3 Å². The van der Waals surface area contributed by atoms with Crippen molar-refractivity contribution in [3.05, 3.63) is 0 Å². The molecule has 0 spiro atoms. The van der Waals surface area contributed by atoms with Gasteiger partial charge in [0.2, 0.25) is 5.91 Å². The molecule has 0 aliphatic carbocycles. The van der Waals surface area contributed by atoms with Gasteiger partial charge in [0.15, 0.2) is 0 Å². The molecule has 4 nitrogen and oxygen atoms in total. The number of aliphatic hydroxyl groups is 1. The first-order valence-corrected chi connectivity index (χ1v) is 4.29. The summed E-state index contributed by atoms with van der Waals surface area (Å²) in [5.74, 6) is 0.120. The summed E-state index contributed by atoms with van der Waals surface area (Å²) < 4.78 is 0. The molecule has 4 heteroatoms. The molecule has 1 atom stereocenters. The van der Waals surface area contributed by atoms with Crippen molar-refractivity contribution >= 4 is 5.91 Å². The predicted octanol–water partition coefficient (Wildman–Crippen LogP) is -0.813. The molecule has 1 aliphatic heterocycles. The van der Waals surface area contributed by atoms with Gasteiger partial charge in [-0.05, 0) is 13.8 Å². The maximum Gasteiger partial charge on any atom is 0.236 e. The first-order chi connectivity index (χ1) is 5.65. The van der Waals surface area contributed by atoms with E-state index >= 15 is 0 Å². The highest BCUT2D eigenvalue weighted by Gasteiger charge is 2.25. The maximum absolute atomic E-state index is 11.3. The van der Waals surface area contributed by atoms with Crippen molar-refractivity contribution in [2.24, 2.45) is 0 Å². The highest BCUT2D eigenvalue weighted by molar-refractivity contribution is 5.79. The fourth-order valence-electron chi connectivity index (χ4n) is 1.36. The lowest BCUT2D eigenvalue weighted by Gasteiger charge is -2.35. The Morgan fingerprint density at radius 2 is 2.42 bits per heavy atom. The summed E-state index contributed by atoms with van der Waals surface area (Å²) in [4.78, 5) is 13.1. The van der Waals surface area contributed by atoms with Crippen molar-refractivity contribution in [3.63, 3.8) is 0 Å². The average molecular weight is 172 g/mol. The van der Waals surface area contributed by atoms with Crippen LogP contribution in [-0.4, -0.2) is 47.7 Å². The third-order valence-corrected chi connectivity index (χ3v) is 2.12. The Kier molecular flexibility index (Phi) is 3.05. The summed E-state index contributed by atoms with van der Waals surface area (Å²) in [5, 5.41) is 11.8. The van der Waals surface area contributed by atoms with Crippen molar-refractivity contribution < 1.29 is 9.90 Å². The van der Waals surface area contributed by atoms with Crippen LogP contribution in [0.2, 0.25) is 0 Å². The van der Waals surface area contributed by atoms with Crippen LogP contribution in [0.5, 0.6) is 0 Å². The highest BCUT2D eigenvalue weighted by Crippen LogP contribution is 2.04. The van der Waals surface area contributed by atoms with Crippen LogP contribution in [0.3, 0.4) is 0 Å². The maximum atomic E-state index is 11.3. The lowest BCUT2D eigenvalue weighted by atomic mass is 10.2. The molecule has 0 radical (unpaired) electrons. The molecule has 0 aromatic carbocycles. The number of carbonyl (C=O) groups is 1. The Hall–Kier alpha value is -0.610. The number of nitrogens with zero attached hydrogens (tertiary/aromatic N) is 1. The molecule has 1 heterocycles. The number of rotatable bonds is 2. The Labute approximate surface area is 72.6 Å². The molecular formula is C8H16N2O2. The molecule has 0 saturated carbocycles. The van der Waals surface area contributed by atoms with Gasteiger partial charge in [0.1, 0.15) is 0 Å². The van der Waals surface area contributed by atoms with Gasteiger partial charge in [-0.15, -0.1) is 0 Å². The quantitative estimate of drug-likeness (QED) is 0.572. The van der Waals surface area contributed by atoms with Gasteiger partial charge in [0, 0.05) is 18.6 Å². The second-order valence-electron chi connectivity index (χ2n) is 3.40. The Balaban J connectivity index is 2.53. The number of nitrogens with one attached hydrogen (secondary N) is 1. The van der Waals surface area contributed by atoms with Crippen molar-refractivity contribution in [1.82, 2.24) is 10.2 Å². The SMILES string of the molecule is CC(C)N1CC(CO)NCC1=O. The van der Waals surface area contributed by atoms with E-state index in [1.807, 2.05) is 13.8 Å². The number of aliphatic hydroxyl groups excluding tert-OH is 1. The number of carbonyl (C=O) groups excluding carboxylic acids is 1. The minimum Gasteiger partial charge on any atom is -0.395 e. The number of hydrogen-bond acceptors (Lipinski definition) is 3. The fraction of sp³-hybridized carbons (Fsp3) is 0.875. The predicted molar refractivity (Wildman–Crippen MR) is 45.7 cm³/mol. The van der Waals surface area contributed by atoms with E-state index in [2.05, 4.69) is 5.32 Å². The molecule has 12 heavy (non-hydrogen) atoms. The third kappa shape index (κ3) is 1.95. The summed E-state index contributed by atoms with van der Waals surface area (Å²) >= 11 is 0. The van der Waals surface area contributed by atoms with Crippen molar-refractivity contribution in [2.75, 3.05) is 19.7 Å². The molecule has 0 aromatic heterocycles. The second-order valence-corrected chi connectivity index (χ2v) is 3.40. The summed E-state index contributed by atoms with van der Waals surface area (Å²) in [5.41, 5.74) is 0. The Bertz CT molecular complexity index is 170. The minimum absolute atomic E-state index is 0.0464. The first kappa shape index (κ1) is 9.48. The Morgan fingerprint density at radius 1 is 1.75 bits per heavy atom. The second kappa shape index (κ2) is 3.87. The van der Waals surface area contributed by atoms with Crippen LogP contribution in [0, 0.1) is 0 Å². The summed E-state index contributed by atoms with van der Waals surface area (Å²) in [6.45, 7) is 5.03. The van der Waals surface area contributed by atoms with Crippen molar-refractivity contribution in [1.29, 1.82) is 0 Å². The number of piperazine rings is 1. The van der Waals surface area contributed by atoms with E-state index in [0.29, 0.717) is 13.1 Å². The zero-order chi connectivity index (χ0) is 9.14. The lowest BCUT2D eigenvalue weighted by molar-refractivity contribution is -0.135. The van der Waals surface area contributed by atoms with Crippen LogP contribution < -0.4 is 5.32 Å². The molecule has 1 unspecified atom stereocenters. The van der Waals surface area contributed by atoms with E-state index in [4.69, 9.17) is 5.11 Å². The molecule has 70 valence electrons.